The molecule has 0 N–H and O–H groups in total. The van der Waals surface area contributed by atoms with Gasteiger partial charge in [0.25, 0.3) is 0 Å². The molecule has 0 aliphatic heterocycles. The van der Waals surface area contributed by atoms with Crippen LogP contribution >= 0.6 is 23.8 Å². The molecule has 2 aromatic heterocycles. The molecule has 0 saturated heterocycles. The van der Waals surface area contributed by atoms with E-state index in [2.05, 4.69) is 4.98 Å². The van der Waals surface area contributed by atoms with Gasteiger partial charge in [-0.15, -0.1) is 0 Å². The Morgan fingerprint density at radius 3 is 2.63 bits per heavy atom. The topological polar surface area (TPSA) is 61.6 Å². The maximum atomic E-state index is 12.9. The van der Waals surface area contributed by atoms with Gasteiger partial charge in [-0.05, 0) is 43.2 Å². The van der Waals surface area contributed by atoms with Crippen LogP contribution in [0.15, 0.2) is 51.9 Å². The number of pyridine rings is 1. The molecule has 2 heterocycles. The molecular formula is C20H16ClNO4S. The Balaban J connectivity index is 2.28. The van der Waals surface area contributed by atoms with E-state index in [9.17, 15) is 4.79 Å². The van der Waals surface area contributed by atoms with Crippen molar-refractivity contribution in [3.8, 4) is 28.2 Å². The molecule has 0 spiro atoms. The quantitative estimate of drug-likeness (QED) is 0.579. The number of aryl methyl sites for hydroxylation is 2. The average molecular weight is 402 g/mol. The van der Waals surface area contributed by atoms with Crippen LogP contribution in [0.3, 0.4) is 0 Å². The molecule has 0 atom stereocenters. The van der Waals surface area contributed by atoms with E-state index < -0.39 is 5.63 Å². The van der Waals surface area contributed by atoms with Gasteiger partial charge in [-0.1, -0.05) is 17.7 Å². The van der Waals surface area contributed by atoms with Crippen molar-refractivity contribution < 1.29 is 13.9 Å². The summed E-state index contributed by atoms with van der Waals surface area (Å²) in [5.74, 6) is 0.498. The van der Waals surface area contributed by atoms with Gasteiger partial charge in [0.15, 0.2) is 5.75 Å². The summed E-state index contributed by atoms with van der Waals surface area (Å²) in [6.07, 6.45) is 3.21. The van der Waals surface area contributed by atoms with Crippen LogP contribution in [0.2, 0.25) is 5.02 Å². The van der Waals surface area contributed by atoms with Crippen molar-refractivity contribution in [3.63, 3.8) is 0 Å². The van der Waals surface area contributed by atoms with E-state index in [0.29, 0.717) is 21.9 Å². The number of methoxy groups -OCH3 is 1. The molecule has 138 valence electrons. The molecule has 27 heavy (non-hydrogen) atoms. The Hall–Kier alpha value is -2.70. The zero-order valence-electron chi connectivity index (χ0n) is 14.9. The number of ether oxygens (including phenoxy) is 2. The van der Waals surface area contributed by atoms with Crippen molar-refractivity contribution in [1.29, 1.82) is 0 Å². The van der Waals surface area contributed by atoms with E-state index >= 15 is 0 Å². The molecular weight excluding hydrogens is 386 g/mol. The van der Waals surface area contributed by atoms with Crippen LogP contribution in [-0.4, -0.2) is 17.3 Å². The number of aromatic nitrogens is 1. The highest BCUT2D eigenvalue weighted by Crippen LogP contribution is 2.37. The summed E-state index contributed by atoms with van der Waals surface area (Å²) < 4.78 is 16.1. The van der Waals surface area contributed by atoms with Gasteiger partial charge in [0, 0.05) is 46.8 Å². The summed E-state index contributed by atoms with van der Waals surface area (Å²) in [6.45, 7) is 3.79. The number of hydrogen-bond acceptors (Lipinski definition) is 6. The van der Waals surface area contributed by atoms with Crippen LogP contribution in [0.5, 0.6) is 5.75 Å². The molecule has 1 aromatic carbocycles. The zero-order chi connectivity index (χ0) is 19.6. The molecule has 3 rings (SSSR count). The van der Waals surface area contributed by atoms with Gasteiger partial charge in [-0.3, -0.25) is 4.98 Å². The second kappa shape index (κ2) is 7.90. The van der Waals surface area contributed by atoms with E-state index in [4.69, 9.17) is 37.7 Å². The van der Waals surface area contributed by atoms with E-state index in [-0.39, 0.29) is 16.5 Å². The minimum absolute atomic E-state index is 0.125. The Bertz CT molecular complexity index is 1040. The number of thiocarbonyl (C=S) groups is 1. The Morgan fingerprint density at radius 2 is 2.00 bits per heavy atom. The highest BCUT2D eigenvalue weighted by Gasteiger charge is 2.22. The summed E-state index contributed by atoms with van der Waals surface area (Å²) in [4.78, 5) is 16.9. The van der Waals surface area contributed by atoms with Crippen molar-refractivity contribution in [2.24, 2.45) is 0 Å². The Morgan fingerprint density at radius 1 is 1.22 bits per heavy atom. The van der Waals surface area contributed by atoms with Gasteiger partial charge in [0.1, 0.15) is 11.3 Å². The lowest BCUT2D eigenvalue weighted by Gasteiger charge is -2.14. The Kier molecular flexibility index (Phi) is 5.58. The maximum Gasteiger partial charge on any atom is 0.357 e. The van der Waals surface area contributed by atoms with Crippen molar-refractivity contribution in [2.75, 3.05) is 7.11 Å². The predicted molar refractivity (Wildman–Crippen MR) is 108 cm³/mol. The second-order valence-corrected chi connectivity index (χ2v) is 6.61. The molecule has 0 aliphatic carbocycles. The molecule has 7 heteroatoms. The number of rotatable bonds is 3. The monoisotopic (exact) mass is 401 g/mol. The van der Waals surface area contributed by atoms with Gasteiger partial charge in [0.05, 0.1) is 7.11 Å². The van der Waals surface area contributed by atoms with Crippen LogP contribution in [0.1, 0.15) is 11.1 Å². The lowest BCUT2D eigenvalue weighted by atomic mass is 9.98. The summed E-state index contributed by atoms with van der Waals surface area (Å²) in [6, 6.07) is 8.79. The normalized spacial score (nSPS) is 10.5. The van der Waals surface area contributed by atoms with Crippen LogP contribution < -0.4 is 10.4 Å². The summed E-state index contributed by atoms with van der Waals surface area (Å²) in [5, 5.41) is 0.294. The van der Waals surface area contributed by atoms with E-state index in [1.807, 2.05) is 19.9 Å². The molecule has 0 saturated carbocycles. The second-order valence-electron chi connectivity index (χ2n) is 5.87. The van der Waals surface area contributed by atoms with E-state index in [0.717, 1.165) is 11.1 Å². The third-order valence-corrected chi connectivity index (χ3v) is 4.45. The molecule has 3 aromatic rings. The van der Waals surface area contributed by atoms with Gasteiger partial charge >= 0.3 is 10.9 Å². The van der Waals surface area contributed by atoms with Crippen molar-refractivity contribution in [1.82, 2.24) is 4.98 Å². The maximum absolute atomic E-state index is 12.9. The SMILES string of the molecule is COC(=S)Oc1cc(-c2cccnc2)oc(=O)c1-c1c(C)cc(C)cc1Cl. The van der Waals surface area contributed by atoms with Crippen molar-refractivity contribution >= 4 is 29.1 Å². The molecule has 0 amide bonds. The summed E-state index contributed by atoms with van der Waals surface area (Å²) in [7, 11) is 1.39. The standard InChI is InChI=1S/C20H16ClNO4S/c1-11-7-12(2)17(14(21)8-11)18-16(26-20(27)24-3)9-15(25-19(18)23)13-5-4-6-22-10-13/h4-10H,1-3H3. The lowest BCUT2D eigenvalue weighted by Crippen LogP contribution is -2.13. The predicted octanol–water partition coefficient (Wildman–Crippen LogP) is 4.95. The minimum Gasteiger partial charge on any atom is -0.460 e. The zero-order valence-corrected chi connectivity index (χ0v) is 16.5. The fourth-order valence-electron chi connectivity index (χ4n) is 2.79. The van der Waals surface area contributed by atoms with Crippen molar-refractivity contribution in [3.05, 3.63) is 69.3 Å². The number of benzene rings is 1. The fourth-order valence-corrected chi connectivity index (χ4v) is 3.30. The molecule has 5 nitrogen and oxygen atoms in total. The third-order valence-electron chi connectivity index (χ3n) is 3.90. The van der Waals surface area contributed by atoms with Gasteiger partial charge in [0.2, 0.25) is 0 Å². The van der Waals surface area contributed by atoms with Crippen molar-refractivity contribution in [2.45, 2.75) is 13.8 Å². The van der Waals surface area contributed by atoms with E-state index in [1.165, 1.54) is 7.11 Å². The van der Waals surface area contributed by atoms with E-state index in [1.54, 1.807) is 36.7 Å². The molecule has 0 bridgehead atoms. The Labute approximate surface area is 166 Å². The largest absolute Gasteiger partial charge is 0.460 e. The minimum atomic E-state index is -0.598. The third kappa shape index (κ3) is 4.02. The van der Waals surface area contributed by atoms with Gasteiger partial charge in [-0.2, -0.15) is 0 Å². The fraction of sp³-hybridized carbons (Fsp3) is 0.150. The number of halogens is 1. The molecule has 0 radical (unpaired) electrons. The van der Waals surface area contributed by atoms with Crippen LogP contribution in [0.25, 0.3) is 22.5 Å². The highest BCUT2D eigenvalue weighted by atomic mass is 35.5. The summed E-state index contributed by atoms with van der Waals surface area (Å²) >= 11 is 11.4. The first kappa shape index (κ1) is 19.1. The summed E-state index contributed by atoms with van der Waals surface area (Å²) in [5.41, 5.74) is 2.54. The average Bonchev–Trinajstić information content (AvgIpc) is 2.63. The molecule has 0 aliphatic rings. The first-order valence-electron chi connectivity index (χ1n) is 8.02. The number of hydrogen-bond donors (Lipinski definition) is 0. The van der Waals surface area contributed by atoms with Gasteiger partial charge in [-0.25, -0.2) is 4.79 Å². The van der Waals surface area contributed by atoms with Crippen LogP contribution in [0, 0.1) is 13.8 Å². The smallest absolute Gasteiger partial charge is 0.357 e. The van der Waals surface area contributed by atoms with Crippen LogP contribution in [-0.2, 0) is 4.74 Å². The lowest BCUT2D eigenvalue weighted by molar-refractivity contribution is 0.314. The number of nitrogens with zero attached hydrogens (tertiary/aromatic N) is 1. The first-order valence-corrected chi connectivity index (χ1v) is 8.80. The molecule has 0 unspecified atom stereocenters. The first-order chi connectivity index (χ1) is 12.9. The van der Waals surface area contributed by atoms with Gasteiger partial charge < -0.3 is 13.9 Å². The van der Waals surface area contributed by atoms with Crippen LogP contribution in [0.4, 0.5) is 0 Å². The highest BCUT2D eigenvalue weighted by molar-refractivity contribution is 7.79. The molecule has 0 fully saturated rings.